The minimum Gasteiger partial charge on any atom is -0.341 e. The Balaban J connectivity index is 1.27. The number of amides is 1. The van der Waals surface area contributed by atoms with Crippen LogP contribution in [0.3, 0.4) is 0 Å². The maximum absolute atomic E-state index is 14.4. The maximum atomic E-state index is 14.4. The first-order valence-electron chi connectivity index (χ1n) is 14.3. The highest BCUT2D eigenvalue weighted by Crippen LogP contribution is 2.42. The van der Waals surface area contributed by atoms with Gasteiger partial charge in [-0.3, -0.25) is 9.78 Å². The third-order valence-electron chi connectivity index (χ3n) is 8.73. The van der Waals surface area contributed by atoms with Crippen LogP contribution in [0.2, 0.25) is 0 Å². The summed E-state index contributed by atoms with van der Waals surface area (Å²) in [6.45, 7) is 2.96. The van der Waals surface area contributed by atoms with Gasteiger partial charge in [0.25, 0.3) is 6.43 Å². The Bertz CT molecular complexity index is 1350. The van der Waals surface area contributed by atoms with E-state index in [-0.39, 0.29) is 11.5 Å². The van der Waals surface area contributed by atoms with Crippen LogP contribution in [0.15, 0.2) is 48.7 Å². The number of aromatic nitrogens is 1. The van der Waals surface area contributed by atoms with Crippen molar-refractivity contribution in [3.8, 4) is 11.1 Å². The first-order valence-corrected chi connectivity index (χ1v) is 14.3. The highest BCUT2D eigenvalue weighted by molar-refractivity contribution is 5.96. The van der Waals surface area contributed by atoms with Crippen molar-refractivity contribution in [1.82, 2.24) is 10.3 Å². The summed E-state index contributed by atoms with van der Waals surface area (Å²) >= 11 is 0. The van der Waals surface area contributed by atoms with Gasteiger partial charge in [0, 0.05) is 60.1 Å². The molecule has 5 nitrogen and oxygen atoms in total. The van der Waals surface area contributed by atoms with Gasteiger partial charge in [0.2, 0.25) is 5.91 Å². The number of rotatable bonds is 6. The number of fused-ring (bicyclic) bond motifs is 2. The highest BCUT2D eigenvalue weighted by Gasteiger charge is 2.26. The monoisotopic (exact) mass is 530 g/mol. The number of carbonyl (C=O) groups is 1. The molecule has 4 heterocycles. The number of benzene rings is 2. The lowest BCUT2D eigenvalue weighted by Gasteiger charge is -2.34. The van der Waals surface area contributed by atoms with Gasteiger partial charge in [0.1, 0.15) is 0 Å². The first-order chi connectivity index (χ1) is 19.0. The van der Waals surface area contributed by atoms with E-state index in [1.807, 2.05) is 37.4 Å². The van der Waals surface area contributed by atoms with Gasteiger partial charge in [-0.05, 0) is 117 Å². The smallest absolute Gasteiger partial charge is 0.264 e. The van der Waals surface area contributed by atoms with Crippen LogP contribution in [0.25, 0.3) is 11.1 Å². The molecule has 3 aliphatic heterocycles. The number of halogens is 2. The van der Waals surface area contributed by atoms with E-state index in [1.165, 1.54) is 12.8 Å². The van der Waals surface area contributed by atoms with Crippen LogP contribution in [0.5, 0.6) is 0 Å². The third kappa shape index (κ3) is 5.29. The van der Waals surface area contributed by atoms with Crippen molar-refractivity contribution in [2.45, 2.75) is 57.8 Å². The number of alkyl halides is 2. The summed E-state index contributed by atoms with van der Waals surface area (Å²) < 4.78 is 28.9. The van der Waals surface area contributed by atoms with E-state index in [4.69, 9.17) is 0 Å². The van der Waals surface area contributed by atoms with Crippen molar-refractivity contribution in [3.05, 3.63) is 71.0 Å². The number of pyridine rings is 1. The minimum atomic E-state index is -2.59. The molecule has 204 valence electrons. The Labute approximate surface area is 229 Å². The van der Waals surface area contributed by atoms with Crippen LogP contribution in [0, 0.1) is 5.92 Å². The summed E-state index contributed by atoms with van der Waals surface area (Å²) in [6, 6.07) is 13.7. The number of anilines is 3. The normalized spacial score (nSPS) is 17.9. The van der Waals surface area contributed by atoms with Gasteiger partial charge in [-0.25, -0.2) is 8.78 Å². The molecule has 0 saturated carbocycles. The predicted molar refractivity (Wildman–Crippen MR) is 152 cm³/mol. The molecule has 3 aliphatic rings. The number of aryl methyl sites for hydroxylation is 3. The molecule has 0 unspecified atom stereocenters. The summed E-state index contributed by atoms with van der Waals surface area (Å²) in [7, 11) is 1.81. The van der Waals surface area contributed by atoms with Crippen LogP contribution < -0.4 is 15.1 Å². The molecule has 1 aromatic heterocycles. The fourth-order valence-corrected chi connectivity index (χ4v) is 6.41. The molecule has 1 saturated heterocycles. The SMILES string of the molecule is CN1C(=O)CCc2cc(N3CCCc4cc(-c5ccc(CCC6CCNCC6)nc5)c(C(F)F)cc43)ccc21. The van der Waals surface area contributed by atoms with E-state index >= 15 is 0 Å². The van der Waals surface area contributed by atoms with E-state index in [9.17, 15) is 13.6 Å². The Morgan fingerprint density at radius 2 is 1.82 bits per heavy atom. The lowest BCUT2D eigenvalue weighted by Crippen LogP contribution is -2.31. The molecule has 1 fully saturated rings. The molecule has 0 atom stereocenters. The van der Waals surface area contributed by atoms with Gasteiger partial charge in [-0.15, -0.1) is 0 Å². The molecule has 0 aliphatic carbocycles. The van der Waals surface area contributed by atoms with Gasteiger partial charge >= 0.3 is 0 Å². The molecule has 3 aromatic rings. The van der Waals surface area contributed by atoms with Crippen LogP contribution >= 0.6 is 0 Å². The molecule has 0 spiro atoms. The lowest BCUT2D eigenvalue weighted by atomic mass is 9.91. The summed E-state index contributed by atoms with van der Waals surface area (Å²) in [6.07, 6.45) is 6.66. The first kappa shape index (κ1) is 25.9. The second-order valence-electron chi connectivity index (χ2n) is 11.2. The minimum absolute atomic E-state index is 0.0493. The number of carbonyl (C=O) groups excluding carboxylic acids is 1. The van der Waals surface area contributed by atoms with Crippen molar-refractivity contribution in [2.75, 3.05) is 36.5 Å². The molecule has 1 N–H and O–H groups in total. The van der Waals surface area contributed by atoms with E-state index in [1.54, 1.807) is 17.2 Å². The molecular weight excluding hydrogens is 494 g/mol. The molecule has 39 heavy (non-hydrogen) atoms. The summed E-state index contributed by atoms with van der Waals surface area (Å²) in [5, 5.41) is 3.41. The van der Waals surface area contributed by atoms with Gasteiger partial charge in [0.15, 0.2) is 0 Å². The largest absolute Gasteiger partial charge is 0.341 e. The van der Waals surface area contributed by atoms with Crippen LogP contribution in [-0.2, 0) is 24.1 Å². The number of hydrogen-bond donors (Lipinski definition) is 1. The molecule has 7 heteroatoms. The Hall–Kier alpha value is -3.32. The van der Waals surface area contributed by atoms with Crippen LogP contribution in [-0.4, -0.2) is 37.6 Å². The number of nitrogens with zero attached hydrogens (tertiary/aromatic N) is 3. The third-order valence-corrected chi connectivity index (χ3v) is 8.73. The van der Waals surface area contributed by atoms with Gasteiger partial charge in [0.05, 0.1) is 0 Å². The van der Waals surface area contributed by atoms with Crippen molar-refractivity contribution >= 4 is 23.0 Å². The summed E-state index contributed by atoms with van der Waals surface area (Å²) in [5.41, 5.74) is 7.39. The van der Waals surface area contributed by atoms with Gasteiger partial charge in [-0.1, -0.05) is 6.07 Å². The Kier molecular flexibility index (Phi) is 7.34. The average molecular weight is 531 g/mol. The van der Waals surface area contributed by atoms with E-state index in [2.05, 4.69) is 21.3 Å². The van der Waals surface area contributed by atoms with Gasteiger partial charge < -0.3 is 15.1 Å². The molecule has 0 radical (unpaired) electrons. The molecule has 1 amide bonds. The maximum Gasteiger partial charge on any atom is 0.264 e. The van der Waals surface area contributed by atoms with Crippen molar-refractivity contribution in [3.63, 3.8) is 0 Å². The van der Waals surface area contributed by atoms with Crippen molar-refractivity contribution < 1.29 is 13.6 Å². The molecule has 2 aromatic carbocycles. The van der Waals surface area contributed by atoms with Gasteiger partial charge in [-0.2, -0.15) is 0 Å². The molecule has 0 bridgehead atoms. The quantitative estimate of drug-likeness (QED) is 0.390. The Morgan fingerprint density at radius 3 is 2.59 bits per heavy atom. The number of hydrogen-bond acceptors (Lipinski definition) is 4. The zero-order chi connectivity index (χ0) is 26.9. The second kappa shape index (κ2) is 11.0. The summed E-state index contributed by atoms with van der Waals surface area (Å²) in [5.74, 6) is 0.859. The molecular formula is C32H36F2N4O. The second-order valence-corrected chi connectivity index (χ2v) is 11.2. The topological polar surface area (TPSA) is 48.5 Å². The van der Waals surface area contributed by atoms with Crippen molar-refractivity contribution in [1.29, 1.82) is 0 Å². The van der Waals surface area contributed by atoms with E-state index in [0.29, 0.717) is 18.4 Å². The number of nitrogens with one attached hydrogen (secondary N) is 1. The average Bonchev–Trinajstić information content (AvgIpc) is 2.97. The zero-order valence-electron chi connectivity index (χ0n) is 22.6. The van der Waals surface area contributed by atoms with Crippen LogP contribution in [0.1, 0.15) is 60.9 Å². The zero-order valence-corrected chi connectivity index (χ0v) is 22.6. The van der Waals surface area contributed by atoms with Crippen molar-refractivity contribution in [2.24, 2.45) is 5.92 Å². The molecule has 6 rings (SSSR count). The fourth-order valence-electron chi connectivity index (χ4n) is 6.41. The highest BCUT2D eigenvalue weighted by atomic mass is 19.3. The standard InChI is InChI=1S/C32H36F2N4O/c1-37-29-10-9-26(17-23(29)6-11-31(37)39)38-16-2-3-22-18-27(28(32(33)34)19-30(22)38)24-5-8-25(36-20-24)7-4-21-12-14-35-15-13-21/h5,8-10,17-21,32,35H,2-4,6-7,11-16H2,1H3. The van der Waals surface area contributed by atoms with Crippen LogP contribution in [0.4, 0.5) is 25.8 Å². The fraction of sp³-hybridized carbons (Fsp3) is 0.438. The predicted octanol–water partition coefficient (Wildman–Crippen LogP) is 6.61. The number of piperidine rings is 1. The lowest BCUT2D eigenvalue weighted by molar-refractivity contribution is -0.118. The summed E-state index contributed by atoms with van der Waals surface area (Å²) in [4.78, 5) is 20.6. The van der Waals surface area contributed by atoms with E-state index < -0.39 is 6.43 Å². The Morgan fingerprint density at radius 1 is 1.00 bits per heavy atom. The van der Waals surface area contributed by atoms with E-state index in [0.717, 1.165) is 90.7 Å².